The van der Waals surface area contributed by atoms with Gasteiger partial charge in [-0.2, -0.15) is 8.42 Å². The Kier molecular flexibility index (Phi) is 8.20. The third-order valence-electron chi connectivity index (χ3n) is 7.55. The van der Waals surface area contributed by atoms with Crippen LogP contribution in [0.5, 0.6) is 0 Å². The molecule has 3 rings (SSSR count). The molecule has 0 radical (unpaired) electrons. The molecule has 0 bridgehead atoms. The second-order valence-electron chi connectivity index (χ2n) is 12.9. The fraction of sp³-hybridized carbons (Fsp3) is 0.607. The van der Waals surface area contributed by atoms with Crippen molar-refractivity contribution in [3.05, 3.63) is 47.5 Å². The summed E-state index contributed by atoms with van der Waals surface area (Å²) in [5.74, 6) is -0.584. The summed E-state index contributed by atoms with van der Waals surface area (Å²) in [6.45, 7) is 17.8. The van der Waals surface area contributed by atoms with Crippen molar-refractivity contribution < 1.29 is 31.7 Å². The number of carbonyl (C=O) groups excluding carboxylic acids is 1. The summed E-state index contributed by atoms with van der Waals surface area (Å²) in [6.07, 6.45) is -0.0656. The molecule has 1 heterocycles. The number of rotatable bonds is 6. The maximum absolute atomic E-state index is 13.3. The molecule has 1 unspecified atom stereocenters. The van der Waals surface area contributed by atoms with Crippen LogP contribution in [-0.2, 0) is 30.1 Å². The molecular weight excluding hydrogens is 522 g/mol. The molecule has 0 spiro atoms. The van der Waals surface area contributed by atoms with Gasteiger partial charge < -0.3 is 14.3 Å². The molecule has 3 atom stereocenters. The van der Waals surface area contributed by atoms with Crippen LogP contribution in [0.15, 0.2) is 36.4 Å². The van der Waals surface area contributed by atoms with Gasteiger partial charge in [0.1, 0.15) is 11.3 Å². The average molecular weight is 566 g/mol. The first-order valence-corrected chi connectivity index (χ1v) is 17.6. The van der Waals surface area contributed by atoms with Gasteiger partial charge in [0, 0.05) is 0 Å². The summed E-state index contributed by atoms with van der Waals surface area (Å²) in [5.41, 5.74) is -0.820. The number of nitrogens with zero attached hydrogens (tertiary/aromatic N) is 1. The predicted molar refractivity (Wildman–Crippen MR) is 152 cm³/mol. The van der Waals surface area contributed by atoms with Gasteiger partial charge in [-0.25, -0.2) is 4.79 Å². The number of carbonyl (C=O) groups is 1. The minimum atomic E-state index is -3.62. The molecule has 1 fully saturated rings. The standard InChI is InChI=1S/C28H43NO7SSi/c1-26(2,3)35-25(30)29-17-23(36-38(9,10)27(4,5)6)24(28(29,7)31)22-16-15-19(18-34-37(8,32)33)20-13-11-12-14-21(20)22/h11-16,23-24,31H,17-18H2,1-10H3/t23-,24?,28-/m0/s1. The summed E-state index contributed by atoms with van der Waals surface area (Å²) in [5, 5.41) is 13.6. The van der Waals surface area contributed by atoms with Crippen molar-refractivity contribution in [1.82, 2.24) is 4.90 Å². The molecule has 0 aliphatic carbocycles. The Morgan fingerprint density at radius 3 is 2.18 bits per heavy atom. The van der Waals surface area contributed by atoms with E-state index in [1.54, 1.807) is 27.7 Å². The van der Waals surface area contributed by atoms with Crippen LogP contribution in [0, 0.1) is 0 Å². The highest BCUT2D eigenvalue weighted by atomic mass is 32.2. The van der Waals surface area contributed by atoms with Gasteiger partial charge in [-0.05, 0) is 67.7 Å². The maximum atomic E-state index is 13.3. The first kappa shape index (κ1) is 30.6. The Morgan fingerprint density at radius 2 is 1.66 bits per heavy atom. The second-order valence-corrected chi connectivity index (χ2v) is 19.3. The summed E-state index contributed by atoms with van der Waals surface area (Å²) >= 11 is 0. The van der Waals surface area contributed by atoms with Crippen LogP contribution in [0.2, 0.25) is 18.1 Å². The Morgan fingerprint density at radius 1 is 1.08 bits per heavy atom. The predicted octanol–water partition coefficient (Wildman–Crippen LogP) is 5.75. The van der Waals surface area contributed by atoms with Gasteiger partial charge in [-0.15, -0.1) is 0 Å². The number of benzene rings is 2. The Balaban J connectivity index is 2.16. The molecule has 1 aliphatic rings. The summed E-state index contributed by atoms with van der Waals surface area (Å²) < 4.78 is 40.9. The van der Waals surface area contributed by atoms with E-state index in [1.165, 1.54) is 4.90 Å². The van der Waals surface area contributed by atoms with Crippen LogP contribution in [0.4, 0.5) is 4.79 Å². The molecule has 2 aromatic carbocycles. The van der Waals surface area contributed by atoms with Crippen LogP contribution in [0.1, 0.15) is 65.5 Å². The number of ether oxygens (including phenoxy) is 1. The van der Waals surface area contributed by atoms with Gasteiger partial charge in [0.25, 0.3) is 10.1 Å². The van der Waals surface area contributed by atoms with Crippen molar-refractivity contribution in [2.45, 2.75) is 96.6 Å². The third kappa shape index (κ3) is 6.59. The van der Waals surface area contributed by atoms with Crippen LogP contribution in [0.25, 0.3) is 10.8 Å². The van der Waals surface area contributed by atoms with E-state index in [0.717, 1.165) is 22.6 Å². The minimum Gasteiger partial charge on any atom is -0.444 e. The van der Waals surface area contributed by atoms with Crippen molar-refractivity contribution in [3.63, 3.8) is 0 Å². The number of likely N-dealkylation sites (tertiary alicyclic amines) is 1. The van der Waals surface area contributed by atoms with E-state index in [4.69, 9.17) is 13.3 Å². The van der Waals surface area contributed by atoms with Gasteiger partial charge in [0.2, 0.25) is 0 Å². The minimum absolute atomic E-state index is 0.0857. The van der Waals surface area contributed by atoms with Crippen LogP contribution in [0.3, 0.4) is 0 Å². The van der Waals surface area contributed by atoms with E-state index in [2.05, 4.69) is 33.9 Å². The van der Waals surface area contributed by atoms with E-state index in [-0.39, 0.29) is 18.2 Å². The molecular formula is C28H43NO7SSi. The zero-order valence-corrected chi connectivity index (χ0v) is 26.1. The van der Waals surface area contributed by atoms with Crippen molar-refractivity contribution in [2.24, 2.45) is 0 Å². The Labute approximate surface area is 228 Å². The zero-order chi connectivity index (χ0) is 28.9. The van der Waals surface area contributed by atoms with Crippen molar-refractivity contribution in [1.29, 1.82) is 0 Å². The maximum Gasteiger partial charge on any atom is 0.412 e. The largest absolute Gasteiger partial charge is 0.444 e. The fourth-order valence-corrected chi connectivity index (χ4v) is 6.34. The number of hydrogen-bond acceptors (Lipinski definition) is 7. The van der Waals surface area contributed by atoms with Gasteiger partial charge in [-0.1, -0.05) is 57.2 Å². The highest BCUT2D eigenvalue weighted by Gasteiger charge is 2.56. The third-order valence-corrected chi connectivity index (χ3v) is 12.6. The van der Waals surface area contributed by atoms with Crippen LogP contribution in [-0.4, -0.2) is 63.1 Å². The molecule has 1 amide bonds. The summed E-state index contributed by atoms with van der Waals surface area (Å²) in [4.78, 5) is 14.7. The molecule has 2 aromatic rings. The summed E-state index contributed by atoms with van der Waals surface area (Å²) in [6, 6.07) is 11.3. The van der Waals surface area contributed by atoms with Crippen LogP contribution >= 0.6 is 0 Å². The lowest BCUT2D eigenvalue weighted by Crippen LogP contribution is -2.49. The molecule has 0 aromatic heterocycles. The lowest BCUT2D eigenvalue weighted by atomic mass is 9.84. The monoisotopic (exact) mass is 565 g/mol. The highest BCUT2D eigenvalue weighted by molar-refractivity contribution is 7.85. The van der Waals surface area contributed by atoms with Crippen LogP contribution < -0.4 is 0 Å². The SMILES string of the molecule is CC(C)(C)OC(=O)N1C[C@H](O[Si](C)(C)C(C)(C)C)C(c2ccc(COS(C)(=O)=O)c3ccccc23)[C@]1(C)O. The first-order valence-electron chi connectivity index (χ1n) is 12.9. The topological polar surface area (TPSA) is 102 Å². The van der Waals surface area contributed by atoms with Crippen molar-refractivity contribution >= 4 is 35.3 Å². The van der Waals surface area contributed by atoms with E-state index in [0.29, 0.717) is 5.56 Å². The van der Waals surface area contributed by atoms with E-state index in [1.807, 2.05) is 36.4 Å². The molecule has 1 saturated heterocycles. The molecule has 212 valence electrons. The quantitative estimate of drug-likeness (QED) is 0.351. The van der Waals surface area contributed by atoms with Gasteiger partial charge in [-0.3, -0.25) is 9.08 Å². The number of hydrogen-bond donors (Lipinski definition) is 1. The van der Waals surface area contributed by atoms with Gasteiger partial charge in [0.05, 0.1) is 31.4 Å². The normalized spacial score (nSPS) is 23.2. The fourth-order valence-electron chi connectivity index (χ4n) is 4.67. The van der Waals surface area contributed by atoms with E-state index in [9.17, 15) is 18.3 Å². The average Bonchev–Trinajstić information content (AvgIpc) is 2.99. The molecule has 8 nitrogen and oxygen atoms in total. The van der Waals surface area contributed by atoms with Crippen molar-refractivity contribution in [2.75, 3.05) is 12.8 Å². The highest BCUT2D eigenvalue weighted by Crippen LogP contribution is 2.48. The first-order chi connectivity index (χ1) is 17.1. The number of fused-ring (bicyclic) bond motifs is 1. The Bertz CT molecular complexity index is 1290. The van der Waals surface area contributed by atoms with Crippen molar-refractivity contribution in [3.8, 4) is 0 Å². The smallest absolute Gasteiger partial charge is 0.412 e. The molecule has 1 aliphatic heterocycles. The molecule has 1 N–H and O–H groups in total. The lowest BCUT2D eigenvalue weighted by Gasteiger charge is -2.40. The molecule has 38 heavy (non-hydrogen) atoms. The summed E-state index contributed by atoms with van der Waals surface area (Å²) in [7, 11) is -5.93. The van der Waals surface area contributed by atoms with E-state index >= 15 is 0 Å². The van der Waals surface area contributed by atoms with Gasteiger partial charge >= 0.3 is 6.09 Å². The van der Waals surface area contributed by atoms with Gasteiger partial charge in [0.15, 0.2) is 8.32 Å². The Hall–Kier alpha value is -1.98. The van der Waals surface area contributed by atoms with E-state index < -0.39 is 47.9 Å². The second kappa shape index (κ2) is 10.2. The zero-order valence-electron chi connectivity index (χ0n) is 24.3. The molecule has 0 saturated carbocycles. The lowest BCUT2D eigenvalue weighted by molar-refractivity contribution is -0.0814. The number of amides is 1. The number of aliphatic hydroxyl groups is 1. The molecule has 10 heteroatoms.